The van der Waals surface area contributed by atoms with Gasteiger partial charge in [0.05, 0.1) is 31.7 Å². The molecule has 11 heteroatoms. The number of hydrogen-bond acceptors (Lipinski definition) is 8. The Morgan fingerprint density at radius 2 is 1.91 bits per heavy atom. The minimum absolute atomic E-state index is 0.0143. The Labute approximate surface area is 135 Å². The molecule has 0 saturated heterocycles. The van der Waals surface area contributed by atoms with E-state index in [0.717, 1.165) is 14.2 Å². The van der Waals surface area contributed by atoms with Gasteiger partial charge in [0.2, 0.25) is 0 Å². The van der Waals surface area contributed by atoms with Gasteiger partial charge in [0.25, 0.3) is 10.0 Å². The van der Waals surface area contributed by atoms with Crippen LogP contribution in [0.1, 0.15) is 25.6 Å². The second kappa shape index (κ2) is 6.38. The number of hydrogen-bond donors (Lipinski definition) is 2. The molecular weight excluding hydrogens is 346 g/mol. The number of carbonyl (C=O) groups is 2. The van der Waals surface area contributed by atoms with E-state index in [0.29, 0.717) is 11.3 Å². The van der Waals surface area contributed by atoms with E-state index in [1.54, 1.807) is 0 Å². The highest BCUT2D eigenvalue weighted by atomic mass is 32.2. The average Bonchev–Trinajstić information content (AvgIpc) is 3.13. The van der Waals surface area contributed by atoms with Crippen LogP contribution in [0.5, 0.6) is 0 Å². The van der Waals surface area contributed by atoms with E-state index in [1.165, 1.54) is 19.3 Å². The van der Waals surface area contributed by atoms with Crippen molar-refractivity contribution >= 4 is 39.0 Å². The summed E-state index contributed by atoms with van der Waals surface area (Å²) in [5.41, 5.74) is 0.168. The number of aromatic nitrogens is 2. The first-order valence-corrected chi connectivity index (χ1v) is 8.43. The average molecular weight is 359 g/mol. The highest BCUT2D eigenvalue weighted by Gasteiger charge is 2.32. The van der Waals surface area contributed by atoms with E-state index in [2.05, 4.69) is 24.4 Å². The second-order valence-corrected chi connectivity index (χ2v) is 7.19. The van der Waals surface area contributed by atoms with Crippen LogP contribution in [0.3, 0.4) is 0 Å². The van der Waals surface area contributed by atoms with Crippen LogP contribution in [0.4, 0.5) is 5.69 Å². The first-order valence-electron chi connectivity index (χ1n) is 6.13. The van der Waals surface area contributed by atoms with Gasteiger partial charge >= 0.3 is 11.9 Å². The fourth-order valence-electron chi connectivity index (χ4n) is 1.81. The van der Waals surface area contributed by atoms with Gasteiger partial charge < -0.3 is 9.47 Å². The van der Waals surface area contributed by atoms with Gasteiger partial charge in [-0.3, -0.25) is 9.82 Å². The molecule has 124 valence electrons. The molecular formula is C12H13N3O6S2. The number of thiophene rings is 1. The van der Waals surface area contributed by atoms with Crippen LogP contribution in [0, 0.1) is 6.92 Å². The standard InChI is InChI=1S/C12H13N3O6S2/c1-6-8(10(16)20-2)12(22-9(6)11(17)21-3)23(18,19)15-7-4-13-14-5-7/h4-5,15H,1-3H3,(H,13,14). The normalized spacial score (nSPS) is 11.1. The quantitative estimate of drug-likeness (QED) is 0.767. The lowest BCUT2D eigenvalue weighted by Gasteiger charge is -2.06. The molecule has 0 aliphatic rings. The summed E-state index contributed by atoms with van der Waals surface area (Å²) in [6, 6.07) is 0. The Balaban J connectivity index is 2.60. The Hall–Kier alpha value is -2.40. The molecule has 0 saturated carbocycles. The lowest BCUT2D eigenvalue weighted by molar-refractivity contribution is 0.0596. The fraction of sp³-hybridized carbons (Fsp3) is 0.250. The number of methoxy groups -OCH3 is 2. The Kier molecular flexibility index (Phi) is 4.71. The van der Waals surface area contributed by atoms with Gasteiger partial charge in [-0.1, -0.05) is 0 Å². The summed E-state index contributed by atoms with van der Waals surface area (Å²) in [5.74, 6) is -1.59. The number of aromatic amines is 1. The third kappa shape index (κ3) is 3.19. The largest absolute Gasteiger partial charge is 0.465 e. The molecule has 0 unspecified atom stereocenters. The van der Waals surface area contributed by atoms with E-state index in [1.807, 2.05) is 0 Å². The summed E-state index contributed by atoms with van der Waals surface area (Å²) in [6.07, 6.45) is 2.59. The predicted octanol–water partition coefficient (Wildman–Crippen LogP) is 1.15. The number of rotatable bonds is 5. The van der Waals surface area contributed by atoms with Crippen molar-refractivity contribution < 1.29 is 27.5 Å². The van der Waals surface area contributed by atoms with Crippen molar-refractivity contribution in [1.29, 1.82) is 0 Å². The maximum absolute atomic E-state index is 12.5. The van der Waals surface area contributed by atoms with Crippen LogP contribution < -0.4 is 4.72 Å². The van der Waals surface area contributed by atoms with Crippen molar-refractivity contribution in [3.8, 4) is 0 Å². The minimum atomic E-state index is -4.11. The van der Waals surface area contributed by atoms with Gasteiger partial charge in [-0.2, -0.15) is 5.10 Å². The van der Waals surface area contributed by atoms with Crippen molar-refractivity contribution in [1.82, 2.24) is 10.2 Å². The molecule has 23 heavy (non-hydrogen) atoms. The zero-order valence-corrected chi connectivity index (χ0v) is 14.0. The van der Waals surface area contributed by atoms with E-state index < -0.39 is 22.0 Å². The molecule has 0 atom stereocenters. The van der Waals surface area contributed by atoms with Crippen LogP contribution >= 0.6 is 11.3 Å². The Morgan fingerprint density at radius 1 is 1.26 bits per heavy atom. The van der Waals surface area contributed by atoms with Crippen molar-refractivity contribution in [2.45, 2.75) is 11.1 Å². The zero-order valence-electron chi connectivity index (χ0n) is 12.4. The van der Waals surface area contributed by atoms with Gasteiger partial charge in [0.15, 0.2) is 4.21 Å². The first-order chi connectivity index (χ1) is 10.8. The zero-order chi connectivity index (χ0) is 17.2. The van der Waals surface area contributed by atoms with Gasteiger partial charge in [0.1, 0.15) is 4.88 Å². The Morgan fingerprint density at radius 3 is 2.43 bits per heavy atom. The fourth-order valence-corrected chi connectivity index (χ4v) is 4.59. The minimum Gasteiger partial charge on any atom is -0.465 e. The molecule has 2 heterocycles. The summed E-state index contributed by atoms with van der Waals surface area (Å²) in [7, 11) is -1.83. The summed E-state index contributed by atoms with van der Waals surface area (Å²) in [4.78, 5) is 23.7. The van der Waals surface area contributed by atoms with Crippen LogP contribution in [0.15, 0.2) is 16.6 Å². The summed E-state index contributed by atoms with van der Waals surface area (Å²) in [6.45, 7) is 1.45. The highest BCUT2D eigenvalue weighted by molar-refractivity contribution is 7.94. The number of nitrogens with one attached hydrogen (secondary N) is 2. The van der Waals surface area contributed by atoms with E-state index in [4.69, 9.17) is 0 Å². The first kappa shape index (κ1) is 17.0. The van der Waals surface area contributed by atoms with Gasteiger partial charge in [-0.25, -0.2) is 18.0 Å². The maximum Gasteiger partial charge on any atom is 0.348 e. The summed E-state index contributed by atoms with van der Waals surface area (Å²) >= 11 is 0.635. The topological polar surface area (TPSA) is 127 Å². The van der Waals surface area contributed by atoms with Crippen LogP contribution in [-0.4, -0.2) is 44.8 Å². The number of H-pyrrole nitrogens is 1. The number of sulfonamides is 1. The molecule has 0 amide bonds. The molecule has 0 radical (unpaired) electrons. The number of carbonyl (C=O) groups excluding carboxylic acids is 2. The number of anilines is 1. The number of esters is 2. The Bertz CT molecular complexity index is 839. The molecule has 0 aliphatic carbocycles. The van der Waals surface area contributed by atoms with Gasteiger partial charge in [-0.05, 0) is 12.5 Å². The van der Waals surface area contributed by atoms with Gasteiger partial charge in [-0.15, -0.1) is 11.3 Å². The van der Waals surface area contributed by atoms with Crippen molar-refractivity contribution in [2.75, 3.05) is 18.9 Å². The highest BCUT2D eigenvalue weighted by Crippen LogP contribution is 2.34. The molecule has 2 N–H and O–H groups in total. The number of nitrogens with zero attached hydrogens (tertiary/aromatic N) is 1. The third-order valence-corrected chi connectivity index (χ3v) is 6.04. The lowest BCUT2D eigenvalue weighted by atomic mass is 10.2. The number of ether oxygens (including phenoxy) is 2. The van der Waals surface area contributed by atoms with Crippen LogP contribution in [0.2, 0.25) is 0 Å². The van der Waals surface area contributed by atoms with E-state index >= 15 is 0 Å². The molecule has 0 spiro atoms. The van der Waals surface area contributed by atoms with Gasteiger partial charge in [0, 0.05) is 6.20 Å². The summed E-state index contributed by atoms with van der Waals surface area (Å²) in [5, 5.41) is 6.08. The molecule has 0 aliphatic heterocycles. The van der Waals surface area contributed by atoms with E-state index in [-0.39, 0.29) is 25.9 Å². The molecule has 0 fully saturated rings. The molecule has 2 aromatic heterocycles. The molecule has 9 nitrogen and oxygen atoms in total. The molecule has 0 bridgehead atoms. The third-order valence-electron chi connectivity index (χ3n) is 2.87. The predicted molar refractivity (Wildman–Crippen MR) is 81.1 cm³/mol. The lowest BCUT2D eigenvalue weighted by Crippen LogP contribution is -2.15. The van der Waals surface area contributed by atoms with Crippen LogP contribution in [-0.2, 0) is 19.5 Å². The van der Waals surface area contributed by atoms with E-state index in [9.17, 15) is 18.0 Å². The van der Waals surface area contributed by atoms with Crippen molar-refractivity contribution in [3.05, 3.63) is 28.4 Å². The monoisotopic (exact) mass is 359 g/mol. The van der Waals surface area contributed by atoms with Crippen molar-refractivity contribution in [2.24, 2.45) is 0 Å². The second-order valence-electron chi connectivity index (χ2n) is 4.29. The maximum atomic E-state index is 12.5. The molecule has 2 aromatic rings. The SMILES string of the molecule is COC(=O)c1sc(S(=O)(=O)Nc2cn[nH]c2)c(C(=O)OC)c1C. The molecule has 0 aromatic carbocycles. The van der Waals surface area contributed by atoms with Crippen molar-refractivity contribution in [3.63, 3.8) is 0 Å². The molecule has 2 rings (SSSR count). The van der Waals surface area contributed by atoms with Crippen LogP contribution in [0.25, 0.3) is 0 Å². The smallest absolute Gasteiger partial charge is 0.348 e. The summed E-state index contributed by atoms with van der Waals surface area (Å²) < 4.78 is 36.2.